The molecule has 0 spiro atoms. The normalized spacial score (nSPS) is 9.89. The number of unbranched alkanes of at least 4 members (excludes halogenated alkanes) is 10. The van der Waals surface area contributed by atoms with Gasteiger partial charge in [0.05, 0.1) is 0 Å². The molecule has 1 heteroatoms. The van der Waals surface area contributed by atoms with Crippen LogP contribution in [-0.4, -0.2) is 5.78 Å². The van der Waals surface area contributed by atoms with E-state index in [1.165, 1.54) is 70.3 Å². The molecule has 0 heterocycles. The van der Waals surface area contributed by atoms with Crippen molar-refractivity contribution in [2.75, 3.05) is 0 Å². The van der Waals surface area contributed by atoms with Crippen molar-refractivity contribution in [1.82, 2.24) is 0 Å². The molecule has 0 aliphatic carbocycles. The molecule has 0 radical (unpaired) electrons. The SMILES string of the molecule is CCCCCCCCCCCCC=C=CC(C)=O. The van der Waals surface area contributed by atoms with Gasteiger partial charge in [-0.3, -0.25) is 4.79 Å². The first-order chi connectivity index (χ1) is 8.77. The maximum Gasteiger partial charge on any atom is 0.160 e. The highest BCUT2D eigenvalue weighted by molar-refractivity contribution is 5.86. The summed E-state index contributed by atoms with van der Waals surface area (Å²) in [5, 5.41) is 0. The van der Waals surface area contributed by atoms with Crippen LogP contribution in [0.2, 0.25) is 0 Å². The van der Waals surface area contributed by atoms with Crippen LogP contribution in [0.15, 0.2) is 17.9 Å². The lowest BCUT2D eigenvalue weighted by Gasteiger charge is -2.00. The maximum absolute atomic E-state index is 10.6. The monoisotopic (exact) mass is 250 g/mol. The number of hydrogen-bond donors (Lipinski definition) is 0. The van der Waals surface area contributed by atoms with E-state index in [9.17, 15) is 4.79 Å². The topological polar surface area (TPSA) is 17.1 Å². The Morgan fingerprint density at radius 2 is 1.39 bits per heavy atom. The van der Waals surface area contributed by atoms with E-state index < -0.39 is 0 Å². The molecule has 0 bridgehead atoms. The number of hydrogen-bond acceptors (Lipinski definition) is 1. The molecule has 18 heavy (non-hydrogen) atoms. The predicted molar refractivity (Wildman–Crippen MR) is 79.8 cm³/mol. The van der Waals surface area contributed by atoms with Crippen LogP contribution >= 0.6 is 0 Å². The average molecular weight is 250 g/mol. The van der Waals surface area contributed by atoms with Crippen molar-refractivity contribution >= 4 is 5.78 Å². The van der Waals surface area contributed by atoms with Gasteiger partial charge in [0, 0.05) is 6.08 Å². The second kappa shape index (κ2) is 14.3. The predicted octanol–water partition coefficient (Wildman–Crippen LogP) is 5.60. The molecule has 104 valence electrons. The standard InChI is InChI=1S/C17H30O/c1-3-4-5-6-7-8-9-10-11-12-13-14-15-16-17(2)18/h14,16H,3-13H2,1-2H3. The fourth-order valence-corrected chi connectivity index (χ4v) is 1.99. The van der Waals surface area contributed by atoms with Gasteiger partial charge in [-0.05, 0) is 25.8 Å². The van der Waals surface area contributed by atoms with Crippen LogP contribution in [0.5, 0.6) is 0 Å². The molecule has 0 aliphatic heterocycles. The molecule has 0 aromatic rings. The van der Waals surface area contributed by atoms with Crippen LogP contribution in [0.1, 0.15) is 84.5 Å². The van der Waals surface area contributed by atoms with E-state index in [0.29, 0.717) is 0 Å². The third kappa shape index (κ3) is 15.2. The van der Waals surface area contributed by atoms with Gasteiger partial charge in [0.25, 0.3) is 0 Å². The first-order valence-corrected chi connectivity index (χ1v) is 7.69. The summed E-state index contributed by atoms with van der Waals surface area (Å²) >= 11 is 0. The number of rotatable bonds is 12. The summed E-state index contributed by atoms with van der Waals surface area (Å²) in [5.41, 5.74) is 2.92. The van der Waals surface area contributed by atoms with Crippen molar-refractivity contribution in [2.24, 2.45) is 0 Å². The summed E-state index contributed by atoms with van der Waals surface area (Å²) in [6, 6.07) is 0. The quantitative estimate of drug-likeness (QED) is 0.250. The number of allylic oxidation sites excluding steroid dienone is 1. The molecule has 0 aliphatic rings. The van der Waals surface area contributed by atoms with Gasteiger partial charge in [-0.15, -0.1) is 5.73 Å². The Morgan fingerprint density at radius 1 is 0.889 bits per heavy atom. The second-order valence-corrected chi connectivity index (χ2v) is 5.10. The Morgan fingerprint density at radius 3 is 1.89 bits per heavy atom. The smallest absolute Gasteiger partial charge is 0.160 e. The minimum atomic E-state index is 0.0781. The minimum absolute atomic E-state index is 0.0781. The highest BCUT2D eigenvalue weighted by atomic mass is 16.1. The molecule has 0 saturated carbocycles. The lowest BCUT2D eigenvalue weighted by molar-refractivity contribution is -0.112. The highest BCUT2D eigenvalue weighted by Crippen LogP contribution is 2.11. The van der Waals surface area contributed by atoms with Crippen LogP contribution in [-0.2, 0) is 4.79 Å². The van der Waals surface area contributed by atoms with E-state index >= 15 is 0 Å². The van der Waals surface area contributed by atoms with Crippen molar-refractivity contribution in [2.45, 2.75) is 84.5 Å². The van der Waals surface area contributed by atoms with E-state index in [1.807, 2.05) is 6.08 Å². The molecular formula is C17H30O. The largest absolute Gasteiger partial charge is 0.294 e. The van der Waals surface area contributed by atoms with Crippen LogP contribution in [0.3, 0.4) is 0 Å². The zero-order valence-electron chi connectivity index (χ0n) is 12.3. The van der Waals surface area contributed by atoms with Crippen molar-refractivity contribution < 1.29 is 4.79 Å². The molecule has 1 nitrogen and oxygen atoms in total. The number of carbonyl (C=O) groups excluding carboxylic acids is 1. The van der Waals surface area contributed by atoms with Crippen LogP contribution in [0, 0.1) is 0 Å². The van der Waals surface area contributed by atoms with Crippen molar-refractivity contribution in [3.05, 3.63) is 17.9 Å². The minimum Gasteiger partial charge on any atom is -0.294 e. The summed E-state index contributed by atoms with van der Waals surface area (Å²) in [4.78, 5) is 10.6. The van der Waals surface area contributed by atoms with Crippen LogP contribution < -0.4 is 0 Å². The van der Waals surface area contributed by atoms with Crippen LogP contribution in [0.25, 0.3) is 0 Å². The summed E-state index contributed by atoms with van der Waals surface area (Å²) < 4.78 is 0. The molecule has 0 aromatic heterocycles. The molecule has 0 saturated heterocycles. The van der Waals surface area contributed by atoms with Gasteiger partial charge in [-0.25, -0.2) is 0 Å². The van der Waals surface area contributed by atoms with E-state index in [1.54, 1.807) is 6.92 Å². The van der Waals surface area contributed by atoms with E-state index in [4.69, 9.17) is 0 Å². The fourth-order valence-electron chi connectivity index (χ4n) is 1.99. The lowest BCUT2D eigenvalue weighted by atomic mass is 10.1. The zero-order chi connectivity index (χ0) is 13.5. The first-order valence-electron chi connectivity index (χ1n) is 7.69. The Balaban J connectivity index is 3.12. The summed E-state index contributed by atoms with van der Waals surface area (Å²) in [6.45, 7) is 3.82. The first kappa shape index (κ1) is 17.2. The van der Waals surface area contributed by atoms with Gasteiger partial charge in [0.2, 0.25) is 0 Å². The molecule has 0 unspecified atom stereocenters. The van der Waals surface area contributed by atoms with Gasteiger partial charge in [-0.1, -0.05) is 64.7 Å². The van der Waals surface area contributed by atoms with Gasteiger partial charge in [0.15, 0.2) is 5.78 Å². The van der Waals surface area contributed by atoms with Crippen molar-refractivity contribution in [3.8, 4) is 0 Å². The molecule has 0 fully saturated rings. The average Bonchev–Trinajstić information content (AvgIpc) is 2.34. The van der Waals surface area contributed by atoms with E-state index in [-0.39, 0.29) is 5.78 Å². The van der Waals surface area contributed by atoms with Crippen molar-refractivity contribution in [1.29, 1.82) is 0 Å². The van der Waals surface area contributed by atoms with Gasteiger partial charge in [-0.2, -0.15) is 0 Å². The Bertz CT molecular complexity index is 246. The molecule has 0 aromatic carbocycles. The molecule has 0 atom stereocenters. The number of carbonyl (C=O) groups is 1. The third-order valence-corrected chi connectivity index (χ3v) is 3.11. The third-order valence-electron chi connectivity index (χ3n) is 3.11. The van der Waals surface area contributed by atoms with E-state index in [0.717, 1.165) is 6.42 Å². The van der Waals surface area contributed by atoms with E-state index in [2.05, 4.69) is 12.7 Å². The zero-order valence-corrected chi connectivity index (χ0v) is 12.3. The van der Waals surface area contributed by atoms with Crippen LogP contribution in [0.4, 0.5) is 0 Å². The Labute approximate surface area is 113 Å². The van der Waals surface area contributed by atoms with Crippen molar-refractivity contribution in [3.63, 3.8) is 0 Å². The lowest BCUT2D eigenvalue weighted by Crippen LogP contribution is -1.81. The molecule has 0 rings (SSSR count). The van der Waals surface area contributed by atoms with Gasteiger partial charge < -0.3 is 0 Å². The molecule has 0 amide bonds. The number of ketones is 1. The second-order valence-electron chi connectivity index (χ2n) is 5.10. The molecular weight excluding hydrogens is 220 g/mol. The Kier molecular flexibility index (Phi) is 13.6. The summed E-state index contributed by atoms with van der Waals surface area (Å²) in [5.74, 6) is 0.0781. The maximum atomic E-state index is 10.6. The Hall–Kier alpha value is -0.810. The highest BCUT2D eigenvalue weighted by Gasteiger charge is 1.91. The fraction of sp³-hybridized carbons (Fsp3) is 0.765. The summed E-state index contributed by atoms with van der Waals surface area (Å²) in [7, 11) is 0. The van der Waals surface area contributed by atoms with Gasteiger partial charge >= 0.3 is 0 Å². The summed E-state index contributed by atoms with van der Waals surface area (Å²) in [6.07, 6.45) is 18.2. The van der Waals surface area contributed by atoms with Gasteiger partial charge in [0.1, 0.15) is 0 Å². The molecule has 0 N–H and O–H groups in total.